The third-order valence-corrected chi connectivity index (χ3v) is 1.41. The molecule has 0 N–H and O–H groups in total. The van der Waals surface area contributed by atoms with Crippen molar-refractivity contribution in [1.82, 2.24) is 0 Å². The normalized spacial score (nSPS) is 12.4. The van der Waals surface area contributed by atoms with Crippen LogP contribution in [0.1, 0.15) is 26.7 Å². The minimum Gasteiger partial charge on any atom is -0.223 e. The second-order valence-corrected chi connectivity index (χ2v) is 2.32. The van der Waals surface area contributed by atoms with Crippen molar-refractivity contribution in [2.75, 3.05) is 6.54 Å². The highest BCUT2D eigenvalue weighted by Gasteiger charge is 1.92. The van der Waals surface area contributed by atoms with Gasteiger partial charge in [0.2, 0.25) is 0 Å². The van der Waals surface area contributed by atoms with Gasteiger partial charge in [-0.3, -0.25) is 0 Å². The van der Waals surface area contributed by atoms with E-state index in [-0.39, 0.29) is 0 Å². The maximum atomic E-state index is 10.3. The third-order valence-electron chi connectivity index (χ3n) is 1.41. The molecule has 0 aliphatic heterocycles. The molecular formula is C9H16NO+. The lowest BCUT2D eigenvalue weighted by atomic mass is 10.3. The van der Waals surface area contributed by atoms with Gasteiger partial charge in [0.05, 0.1) is 0 Å². The van der Waals surface area contributed by atoms with Crippen molar-refractivity contribution in [2.45, 2.75) is 26.7 Å². The highest BCUT2D eigenvalue weighted by atomic mass is 16.1. The smallest absolute Gasteiger partial charge is 0.223 e. The van der Waals surface area contributed by atoms with Gasteiger partial charge in [-0.05, 0) is 12.5 Å². The first-order chi connectivity index (χ1) is 5.35. The molecule has 0 saturated heterocycles. The Labute approximate surface area is 68.2 Å². The molecule has 0 aromatic rings. The molecule has 2 heteroatoms. The summed E-state index contributed by atoms with van der Waals surface area (Å²) in [5.41, 5.74) is 0. The van der Waals surface area contributed by atoms with Crippen LogP contribution in [0.5, 0.6) is 0 Å². The van der Waals surface area contributed by atoms with Gasteiger partial charge in [-0.25, -0.2) is 4.79 Å². The summed E-state index contributed by atoms with van der Waals surface area (Å²) in [6.45, 7) is 4.68. The van der Waals surface area contributed by atoms with Crippen LogP contribution >= 0.6 is 0 Å². The van der Waals surface area contributed by atoms with Crippen LogP contribution in [0.25, 0.3) is 0 Å². The van der Waals surface area contributed by atoms with Crippen molar-refractivity contribution >= 4 is 12.6 Å². The monoisotopic (exact) mass is 154 g/mol. The van der Waals surface area contributed by atoms with E-state index in [2.05, 4.69) is 13.0 Å². The number of carbonyl (C=O) groups is 1. The second-order valence-electron chi connectivity index (χ2n) is 2.32. The van der Waals surface area contributed by atoms with Crippen LogP contribution in [-0.4, -0.2) is 23.7 Å². The predicted molar refractivity (Wildman–Crippen MR) is 47.0 cm³/mol. The standard InChI is InChI=1S/C9H16NO/c1-3-5-6-7-8-10(4-2)9-11/h4,6-7,9H,3,5,8H2,1-2H3/q+1. The van der Waals surface area contributed by atoms with Gasteiger partial charge in [0, 0.05) is 6.92 Å². The zero-order valence-electron chi connectivity index (χ0n) is 7.29. The Hall–Kier alpha value is -0.920. The molecule has 2 nitrogen and oxygen atoms in total. The summed E-state index contributed by atoms with van der Waals surface area (Å²) in [6.07, 6.45) is 8.96. The average Bonchev–Trinajstić information content (AvgIpc) is 2.05. The fourth-order valence-corrected chi connectivity index (χ4v) is 0.690. The summed E-state index contributed by atoms with van der Waals surface area (Å²) in [6, 6.07) is 0. The SMILES string of the molecule is CC=[N+](C=O)CC=CCCC. The molecule has 11 heavy (non-hydrogen) atoms. The molecule has 62 valence electrons. The summed E-state index contributed by atoms with van der Waals surface area (Å²) < 4.78 is 1.60. The molecule has 0 aliphatic rings. The Bertz CT molecular complexity index is 159. The maximum absolute atomic E-state index is 10.3. The van der Waals surface area contributed by atoms with Gasteiger partial charge in [0.1, 0.15) is 6.21 Å². The van der Waals surface area contributed by atoms with E-state index in [0.29, 0.717) is 6.54 Å². The van der Waals surface area contributed by atoms with E-state index < -0.39 is 0 Å². The van der Waals surface area contributed by atoms with Crippen molar-refractivity contribution in [1.29, 1.82) is 0 Å². The van der Waals surface area contributed by atoms with Crippen LogP contribution < -0.4 is 0 Å². The lowest BCUT2D eigenvalue weighted by molar-refractivity contribution is -0.418. The number of hydrogen-bond donors (Lipinski definition) is 0. The molecule has 0 bridgehead atoms. The number of amides is 1. The quantitative estimate of drug-likeness (QED) is 0.255. The van der Waals surface area contributed by atoms with Gasteiger partial charge in [0.15, 0.2) is 6.54 Å². The van der Waals surface area contributed by atoms with Crippen molar-refractivity contribution < 1.29 is 9.37 Å². The summed E-state index contributed by atoms with van der Waals surface area (Å²) in [5, 5.41) is 0. The Balaban J connectivity index is 3.59. The van der Waals surface area contributed by atoms with Gasteiger partial charge < -0.3 is 0 Å². The summed E-state index contributed by atoms with van der Waals surface area (Å²) in [7, 11) is 0. The molecule has 0 unspecified atom stereocenters. The number of nitrogens with zero attached hydrogens (tertiary/aromatic N) is 1. The minimum atomic E-state index is 0.694. The molecule has 0 spiro atoms. The van der Waals surface area contributed by atoms with E-state index >= 15 is 0 Å². The fraction of sp³-hybridized carbons (Fsp3) is 0.556. The lowest BCUT2D eigenvalue weighted by Crippen LogP contribution is -2.08. The van der Waals surface area contributed by atoms with Gasteiger partial charge in [-0.15, -0.1) is 0 Å². The van der Waals surface area contributed by atoms with Crippen LogP contribution in [0.4, 0.5) is 0 Å². The van der Waals surface area contributed by atoms with Crippen LogP contribution in [0.15, 0.2) is 12.2 Å². The van der Waals surface area contributed by atoms with E-state index in [4.69, 9.17) is 0 Å². The predicted octanol–water partition coefficient (Wildman–Crippen LogP) is 1.60. The van der Waals surface area contributed by atoms with Gasteiger partial charge >= 0.3 is 6.41 Å². The summed E-state index contributed by atoms with van der Waals surface area (Å²) in [4.78, 5) is 10.3. The lowest BCUT2D eigenvalue weighted by Gasteiger charge is -1.86. The molecular weight excluding hydrogens is 138 g/mol. The molecule has 0 fully saturated rings. The second kappa shape index (κ2) is 7.19. The maximum Gasteiger partial charge on any atom is 0.374 e. The Kier molecular flexibility index (Phi) is 6.59. The van der Waals surface area contributed by atoms with E-state index in [1.165, 1.54) is 0 Å². The van der Waals surface area contributed by atoms with Crippen molar-refractivity contribution in [3.05, 3.63) is 12.2 Å². The Morgan fingerprint density at radius 1 is 1.36 bits per heavy atom. The highest BCUT2D eigenvalue weighted by molar-refractivity contribution is 5.54. The molecule has 0 radical (unpaired) electrons. The van der Waals surface area contributed by atoms with Crippen molar-refractivity contribution in [3.63, 3.8) is 0 Å². The number of hydrogen-bond acceptors (Lipinski definition) is 1. The third kappa shape index (κ3) is 5.52. The largest absolute Gasteiger partial charge is 0.374 e. The fourth-order valence-electron chi connectivity index (χ4n) is 0.690. The van der Waals surface area contributed by atoms with Gasteiger partial charge in [0.25, 0.3) is 0 Å². The van der Waals surface area contributed by atoms with Gasteiger partial charge in [-0.1, -0.05) is 19.4 Å². The number of allylic oxidation sites excluding steroid dienone is 1. The van der Waals surface area contributed by atoms with Crippen LogP contribution in [0.3, 0.4) is 0 Å². The Morgan fingerprint density at radius 2 is 2.09 bits per heavy atom. The molecule has 0 atom stereocenters. The van der Waals surface area contributed by atoms with Crippen LogP contribution in [0.2, 0.25) is 0 Å². The molecule has 0 heterocycles. The summed E-state index contributed by atoms with van der Waals surface area (Å²) >= 11 is 0. The molecule has 0 saturated carbocycles. The van der Waals surface area contributed by atoms with Crippen molar-refractivity contribution in [2.24, 2.45) is 0 Å². The first-order valence-electron chi connectivity index (χ1n) is 4.00. The van der Waals surface area contributed by atoms with Crippen LogP contribution in [0, 0.1) is 0 Å². The topological polar surface area (TPSA) is 20.1 Å². The van der Waals surface area contributed by atoms with Gasteiger partial charge in [-0.2, -0.15) is 4.58 Å². The van der Waals surface area contributed by atoms with Crippen molar-refractivity contribution in [3.8, 4) is 0 Å². The number of unbranched alkanes of at least 4 members (excludes halogenated alkanes) is 1. The molecule has 0 rings (SSSR count). The van der Waals surface area contributed by atoms with E-state index in [9.17, 15) is 4.79 Å². The number of carbonyl (C=O) groups excluding carboxylic acids is 1. The molecule has 0 aliphatic carbocycles. The first kappa shape index (κ1) is 10.1. The molecule has 0 aromatic carbocycles. The average molecular weight is 154 g/mol. The molecule has 1 amide bonds. The number of rotatable bonds is 5. The van der Waals surface area contributed by atoms with Crippen LogP contribution in [-0.2, 0) is 4.79 Å². The summed E-state index contributed by atoms with van der Waals surface area (Å²) in [5.74, 6) is 0. The zero-order valence-corrected chi connectivity index (χ0v) is 7.29. The van der Waals surface area contributed by atoms with E-state index in [0.717, 1.165) is 19.3 Å². The van der Waals surface area contributed by atoms with E-state index in [1.54, 1.807) is 10.8 Å². The highest BCUT2D eigenvalue weighted by Crippen LogP contribution is 1.87. The zero-order chi connectivity index (χ0) is 8.53. The van der Waals surface area contributed by atoms with E-state index in [1.807, 2.05) is 13.0 Å². The first-order valence-corrected chi connectivity index (χ1v) is 4.00. The molecule has 0 aromatic heterocycles. The minimum absolute atomic E-state index is 0.694. The Morgan fingerprint density at radius 3 is 2.55 bits per heavy atom.